The lowest BCUT2D eigenvalue weighted by atomic mass is 9.96. The molecule has 0 saturated carbocycles. The molecule has 0 spiro atoms. The molecule has 0 rings (SSSR count). The van der Waals surface area contributed by atoms with Crippen LogP contribution in [0.5, 0.6) is 0 Å². The summed E-state index contributed by atoms with van der Waals surface area (Å²) >= 11 is 0. The average molecular weight is 196 g/mol. The summed E-state index contributed by atoms with van der Waals surface area (Å²) in [7, 11) is 0. The molecule has 0 unspecified atom stereocenters. The monoisotopic (exact) mass is 196 g/mol. The molecule has 0 aromatic carbocycles. The van der Waals surface area contributed by atoms with Gasteiger partial charge < -0.3 is 9.47 Å². The highest BCUT2D eigenvalue weighted by molar-refractivity contribution is 5.58. The van der Waals surface area contributed by atoms with Crippen LogP contribution in [0.15, 0.2) is 0 Å². The first-order valence-corrected chi connectivity index (χ1v) is 3.48. The highest BCUT2D eigenvalue weighted by Gasteiger charge is 2.22. The van der Waals surface area contributed by atoms with Gasteiger partial charge in [0.1, 0.15) is 13.2 Å². The number of carbonyl (C=O) groups excluding carboxylic acids is 2. The highest BCUT2D eigenvalue weighted by atomic mass is 19.2. The molecule has 0 atom stereocenters. The Balaban J connectivity index is 3.79. The molecule has 0 aliphatic carbocycles. The van der Waals surface area contributed by atoms with Crippen LogP contribution in [0, 0.1) is 5.41 Å². The van der Waals surface area contributed by atoms with E-state index in [0.717, 1.165) is 0 Å². The van der Waals surface area contributed by atoms with Gasteiger partial charge in [-0.05, 0) is 0 Å². The zero-order valence-corrected chi connectivity index (χ0v) is 7.30. The van der Waals surface area contributed by atoms with Crippen molar-refractivity contribution in [1.29, 1.82) is 0 Å². The van der Waals surface area contributed by atoms with Crippen LogP contribution >= 0.6 is 0 Å². The number of ether oxygens (including phenoxy) is 2. The van der Waals surface area contributed by atoms with Crippen LogP contribution in [-0.4, -0.2) is 25.7 Å². The molecule has 0 heterocycles. The first-order valence-electron chi connectivity index (χ1n) is 3.48. The maximum atomic E-state index is 11.6. The van der Waals surface area contributed by atoms with Gasteiger partial charge in [0, 0.05) is 5.41 Å². The van der Waals surface area contributed by atoms with Crippen molar-refractivity contribution in [3.63, 3.8) is 0 Å². The summed E-state index contributed by atoms with van der Waals surface area (Å²) in [5.41, 5.74) is -0.802. The van der Waals surface area contributed by atoms with Gasteiger partial charge in [0.2, 0.25) is 0 Å². The maximum Gasteiger partial charge on any atom is 0.495 e. The normalized spacial score (nSPS) is 10.8. The Kier molecular flexibility index (Phi) is 4.30. The van der Waals surface area contributed by atoms with Crippen LogP contribution in [0.25, 0.3) is 0 Å². The summed E-state index contributed by atoms with van der Waals surface area (Å²) in [4.78, 5) is 19.5. The van der Waals surface area contributed by atoms with Gasteiger partial charge in [-0.3, -0.25) is 0 Å². The topological polar surface area (TPSA) is 52.6 Å². The smallest absolute Gasteiger partial charge is 0.440 e. The number of hydrogen-bond acceptors (Lipinski definition) is 4. The average Bonchev–Trinajstić information content (AvgIpc) is 1.98. The van der Waals surface area contributed by atoms with Crippen molar-refractivity contribution in [2.75, 3.05) is 13.2 Å². The Morgan fingerprint density at radius 2 is 1.38 bits per heavy atom. The fourth-order valence-electron chi connectivity index (χ4n) is 0.546. The Labute approximate surface area is 73.8 Å². The Morgan fingerprint density at radius 3 is 1.62 bits per heavy atom. The van der Waals surface area contributed by atoms with E-state index in [1.54, 1.807) is 0 Å². The van der Waals surface area contributed by atoms with E-state index >= 15 is 0 Å². The summed E-state index contributed by atoms with van der Waals surface area (Å²) in [6.45, 7) is 2.49. The molecule has 0 fully saturated rings. The molecule has 0 aliphatic heterocycles. The van der Waals surface area contributed by atoms with E-state index in [0.29, 0.717) is 0 Å². The quantitative estimate of drug-likeness (QED) is 0.647. The van der Waals surface area contributed by atoms with Crippen LogP contribution in [0.3, 0.4) is 0 Å². The molecule has 0 N–H and O–H groups in total. The second kappa shape index (κ2) is 4.74. The van der Waals surface area contributed by atoms with Crippen molar-refractivity contribution < 1.29 is 27.8 Å². The van der Waals surface area contributed by atoms with E-state index in [-0.39, 0.29) is 13.2 Å². The van der Waals surface area contributed by atoms with Crippen LogP contribution < -0.4 is 0 Å². The predicted molar refractivity (Wildman–Crippen MR) is 38.7 cm³/mol. The molecule has 0 amide bonds. The maximum absolute atomic E-state index is 11.6. The third-order valence-electron chi connectivity index (χ3n) is 1.15. The molecule has 0 saturated heterocycles. The van der Waals surface area contributed by atoms with Crippen molar-refractivity contribution in [2.24, 2.45) is 5.41 Å². The van der Waals surface area contributed by atoms with E-state index in [1.807, 2.05) is 0 Å². The van der Waals surface area contributed by atoms with Gasteiger partial charge in [-0.15, -0.1) is 8.78 Å². The van der Waals surface area contributed by atoms with E-state index in [4.69, 9.17) is 0 Å². The largest absolute Gasteiger partial charge is 0.495 e. The fraction of sp³-hybridized carbons (Fsp3) is 0.714. The second-order valence-corrected chi connectivity index (χ2v) is 3.22. The summed E-state index contributed by atoms with van der Waals surface area (Å²) in [6, 6.07) is 0. The molecule has 0 aromatic heterocycles. The van der Waals surface area contributed by atoms with Gasteiger partial charge in [0.05, 0.1) is 0 Å². The van der Waals surface area contributed by atoms with E-state index in [9.17, 15) is 18.4 Å². The molecule has 13 heavy (non-hydrogen) atoms. The predicted octanol–water partition coefficient (Wildman–Crippen LogP) is 2.22. The summed E-state index contributed by atoms with van der Waals surface area (Å²) in [6.07, 6.45) is -3.83. The van der Waals surface area contributed by atoms with Gasteiger partial charge in [0.25, 0.3) is 0 Å². The first kappa shape index (κ1) is 11.8. The first-order chi connectivity index (χ1) is 5.83. The van der Waals surface area contributed by atoms with Gasteiger partial charge in [0.15, 0.2) is 0 Å². The van der Waals surface area contributed by atoms with Crippen molar-refractivity contribution in [3.05, 3.63) is 0 Å². The van der Waals surface area contributed by atoms with Crippen molar-refractivity contribution in [3.8, 4) is 0 Å². The van der Waals surface area contributed by atoms with Gasteiger partial charge in [-0.2, -0.15) is 0 Å². The van der Waals surface area contributed by atoms with Gasteiger partial charge in [-0.1, -0.05) is 13.8 Å². The standard InChI is InChI=1S/C7H10F2O4/c1-7(2,3-12-5(8)10)4-13-6(9)11/h3-4H2,1-2H3. The van der Waals surface area contributed by atoms with Crippen molar-refractivity contribution in [2.45, 2.75) is 13.8 Å². The molecule has 4 nitrogen and oxygen atoms in total. The lowest BCUT2D eigenvalue weighted by molar-refractivity contribution is 0.0307. The zero-order valence-electron chi connectivity index (χ0n) is 7.30. The van der Waals surface area contributed by atoms with Gasteiger partial charge in [-0.25, -0.2) is 9.59 Å². The zero-order chi connectivity index (χ0) is 10.5. The minimum Gasteiger partial charge on any atom is -0.440 e. The molecule has 0 radical (unpaired) electrons. The van der Waals surface area contributed by atoms with Crippen molar-refractivity contribution in [1.82, 2.24) is 0 Å². The number of halogens is 2. The molecule has 0 aromatic rings. The van der Waals surface area contributed by atoms with E-state index in [1.165, 1.54) is 13.8 Å². The van der Waals surface area contributed by atoms with E-state index in [2.05, 4.69) is 9.47 Å². The Bertz CT molecular complexity index is 183. The van der Waals surface area contributed by atoms with Crippen LogP contribution in [0.1, 0.15) is 13.8 Å². The van der Waals surface area contributed by atoms with Gasteiger partial charge >= 0.3 is 12.4 Å². The molecule has 0 aliphatic rings. The lowest BCUT2D eigenvalue weighted by Gasteiger charge is -2.21. The third kappa shape index (κ3) is 7.17. The Morgan fingerprint density at radius 1 is 1.08 bits per heavy atom. The summed E-state index contributed by atoms with van der Waals surface area (Å²) in [5.74, 6) is 0. The van der Waals surface area contributed by atoms with Crippen molar-refractivity contribution >= 4 is 12.4 Å². The minimum absolute atomic E-state index is 0.282. The second-order valence-electron chi connectivity index (χ2n) is 3.22. The SMILES string of the molecule is CC(C)(COC(=O)F)COC(=O)F. The van der Waals surface area contributed by atoms with E-state index < -0.39 is 17.9 Å². The Hall–Kier alpha value is -1.20. The number of carbonyl (C=O) groups is 2. The number of hydrogen-bond donors (Lipinski definition) is 0. The van der Waals surface area contributed by atoms with Crippen LogP contribution in [0.4, 0.5) is 18.4 Å². The fourth-order valence-corrected chi connectivity index (χ4v) is 0.546. The molecule has 0 bridgehead atoms. The summed E-state index contributed by atoms with van der Waals surface area (Å²) in [5, 5.41) is 0. The van der Waals surface area contributed by atoms with Crippen LogP contribution in [-0.2, 0) is 9.47 Å². The lowest BCUT2D eigenvalue weighted by Crippen LogP contribution is -2.26. The molecular weight excluding hydrogens is 186 g/mol. The summed E-state index contributed by atoms with van der Waals surface area (Å²) < 4.78 is 31.2. The number of rotatable bonds is 4. The third-order valence-corrected chi connectivity index (χ3v) is 1.15. The molecule has 6 heteroatoms. The minimum atomic E-state index is -1.92. The highest BCUT2D eigenvalue weighted by Crippen LogP contribution is 2.16. The molecular formula is C7H10F2O4. The molecule has 76 valence electrons. The van der Waals surface area contributed by atoms with Crippen LogP contribution in [0.2, 0.25) is 0 Å².